The summed E-state index contributed by atoms with van der Waals surface area (Å²) in [5.41, 5.74) is 1.08. The Hall–Kier alpha value is -2.63. The second kappa shape index (κ2) is 6.01. The molecular formula is C14H15N3O3. The van der Waals surface area contributed by atoms with Gasteiger partial charge in [-0.2, -0.15) is 0 Å². The van der Waals surface area contributed by atoms with Crippen molar-refractivity contribution in [1.82, 2.24) is 9.97 Å². The summed E-state index contributed by atoms with van der Waals surface area (Å²) in [4.78, 5) is 21.4. The van der Waals surface area contributed by atoms with Crippen molar-refractivity contribution in [3.8, 4) is 5.75 Å². The normalized spacial score (nSPS) is 9.95. The van der Waals surface area contributed by atoms with Crippen molar-refractivity contribution in [2.45, 2.75) is 0 Å². The van der Waals surface area contributed by atoms with Crippen molar-refractivity contribution in [2.75, 3.05) is 26.2 Å². The molecule has 2 aromatic rings. The van der Waals surface area contributed by atoms with Crippen molar-refractivity contribution < 1.29 is 14.3 Å². The van der Waals surface area contributed by atoms with Crippen LogP contribution in [0.2, 0.25) is 0 Å². The molecule has 0 unspecified atom stereocenters. The number of anilines is 2. The van der Waals surface area contributed by atoms with Crippen molar-refractivity contribution >= 4 is 17.5 Å². The predicted octanol–water partition coefficient (Wildman–Crippen LogP) is 2.04. The van der Waals surface area contributed by atoms with E-state index in [0.717, 1.165) is 11.4 Å². The average Bonchev–Trinajstić information content (AvgIpc) is 2.53. The lowest BCUT2D eigenvalue weighted by Crippen LogP contribution is -2.13. The van der Waals surface area contributed by atoms with E-state index in [9.17, 15) is 4.79 Å². The van der Waals surface area contributed by atoms with Crippen LogP contribution < -0.4 is 9.64 Å². The fraction of sp³-hybridized carbons (Fsp3) is 0.214. The van der Waals surface area contributed by atoms with Gasteiger partial charge in [-0.1, -0.05) is 6.07 Å². The lowest BCUT2D eigenvalue weighted by molar-refractivity contribution is 0.0593. The summed E-state index contributed by atoms with van der Waals surface area (Å²) in [5.74, 6) is 0.868. The fourth-order valence-corrected chi connectivity index (χ4v) is 1.66. The van der Waals surface area contributed by atoms with Crippen LogP contribution in [0.1, 0.15) is 10.5 Å². The van der Waals surface area contributed by atoms with Crippen molar-refractivity contribution in [1.29, 1.82) is 0 Å². The minimum absolute atomic E-state index is 0.176. The molecule has 0 amide bonds. The van der Waals surface area contributed by atoms with Crippen LogP contribution in [0.3, 0.4) is 0 Å². The monoisotopic (exact) mass is 273 g/mol. The number of benzene rings is 1. The maximum atomic E-state index is 11.3. The quantitative estimate of drug-likeness (QED) is 0.794. The molecule has 2 rings (SSSR count). The molecular weight excluding hydrogens is 258 g/mol. The molecule has 0 radical (unpaired) electrons. The van der Waals surface area contributed by atoms with E-state index in [1.165, 1.54) is 19.5 Å². The number of esters is 1. The molecule has 6 heteroatoms. The summed E-state index contributed by atoms with van der Waals surface area (Å²) in [6, 6.07) is 7.57. The van der Waals surface area contributed by atoms with Crippen molar-refractivity contribution in [3.05, 3.63) is 42.4 Å². The third kappa shape index (κ3) is 2.85. The third-order valence-electron chi connectivity index (χ3n) is 2.82. The van der Waals surface area contributed by atoms with Gasteiger partial charge in [-0.05, 0) is 12.1 Å². The maximum Gasteiger partial charge on any atom is 0.358 e. The van der Waals surface area contributed by atoms with Gasteiger partial charge in [-0.25, -0.2) is 14.8 Å². The maximum absolute atomic E-state index is 11.3. The number of rotatable bonds is 4. The van der Waals surface area contributed by atoms with Gasteiger partial charge < -0.3 is 14.4 Å². The van der Waals surface area contributed by atoms with Crippen LogP contribution in [0.4, 0.5) is 11.5 Å². The highest BCUT2D eigenvalue weighted by Crippen LogP contribution is 2.24. The molecule has 104 valence electrons. The highest BCUT2D eigenvalue weighted by atomic mass is 16.5. The van der Waals surface area contributed by atoms with Gasteiger partial charge >= 0.3 is 5.97 Å². The summed E-state index contributed by atoms with van der Waals surface area (Å²) in [6.45, 7) is 0. The van der Waals surface area contributed by atoms with Crippen LogP contribution in [-0.4, -0.2) is 37.2 Å². The Kier molecular flexibility index (Phi) is 4.14. The van der Waals surface area contributed by atoms with E-state index in [1.54, 1.807) is 7.11 Å². The van der Waals surface area contributed by atoms with E-state index in [2.05, 4.69) is 14.7 Å². The molecule has 0 N–H and O–H groups in total. The lowest BCUT2D eigenvalue weighted by atomic mass is 10.3. The zero-order chi connectivity index (χ0) is 14.5. The largest absolute Gasteiger partial charge is 0.497 e. The van der Waals surface area contributed by atoms with Gasteiger partial charge in [0, 0.05) is 18.8 Å². The predicted molar refractivity (Wildman–Crippen MR) is 74.4 cm³/mol. The van der Waals surface area contributed by atoms with Crippen LogP contribution >= 0.6 is 0 Å². The highest BCUT2D eigenvalue weighted by Gasteiger charge is 2.10. The number of carbonyl (C=O) groups is 1. The number of methoxy groups -OCH3 is 2. The minimum Gasteiger partial charge on any atom is -0.497 e. The highest BCUT2D eigenvalue weighted by molar-refractivity contribution is 5.86. The van der Waals surface area contributed by atoms with Gasteiger partial charge in [0.25, 0.3) is 0 Å². The Morgan fingerprint density at radius 3 is 2.60 bits per heavy atom. The van der Waals surface area contributed by atoms with Crippen LogP contribution in [-0.2, 0) is 4.74 Å². The zero-order valence-electron chi connectivity index (χ0n) is 11.5. The Balaban J connectivity index is 2.24. The van der Waals surface area contributed by atoms with Gasteiger partial charge in [-0.15, -0.1) is 0 Å². The topological polar surface area (TPSA) is 64.5 Å². The number of hydrogen-bond donors (Lipinski definition) is 0. The molecule has 0 fully saturated rings. The first-order valence-electron chi connectivity index (χ1n) is 5.94. The molecule has 0 aliphatic carbocycles. The van der Waals surface area contributed by atoms with Crippen LogP contribution in [0.15, 0.2) is 36.7 Å². The lowest BCUT2D eigenvalue weighted by Gasteiger charge is -2.18. The number of hydrogen-bond acceptors (Lipinski definition) is 6. The molecule has 1 aromatic heterocycles. The van der Waals surface area contributed by atoms with Crippen LogP contribution in [0.25, 0.3) is 0 Å². The molecule has 6 nitrogen and oxygen atoms in total. The third-order valence-corrected chi connectivity index (χ3v) is 2.82. The standard InChI is InChI=1S/C14H15N3O3/c1-17(10-5-4-6-11(7-10)19-2)13-9-15-12(8-16-13)14(18)20-3/h4-9H,1-3H3. The van der Waals surface area contributed by atoms with Gasteiger partial charge in [-0.3, -0.25) is 0 Å². The Bertz CT molecular complexity index is 599. The van der Waals surface area contributed by atoms with Crippen molar-refractivity contribution in [3.63, 3.8) is 0 Å². The first-order valence-corrected chi connectivity index (χ1v) is 5.94. The first-order chi connectivity index (χ1) is 9.65. The summed E-state index contributed by atoms with van der Waals surface area (Å²) in [5, 5.41) is 0. The summed E-state index contributed by atoms with van der Waals surface area (Å²) in [6.07, 6.45) is 2.91. The smallest absolute Gasteiger partial charge is 0.358 e. The van der Waals surface area contributed by atoms with E-state index in [1.807, 2.05) is 36.2 Å². The van der Waals surface area contributed by atoms with E-state index < -0.39 is 5.97 Å². The molecule has 0 atom stereocenters. The van der Waals surface area contributed by atoms with E-state index >= 15 is 0 Å². The second-order valence-corrected chi connectivity index (χ2v) is 4.01. The molecule has 0 aliphatic rings. The molecule has 1 aromatic carbocycles. The Labute approximate surface area is 117 Å². The molecule has 0 saturated carbocycles. The molecule has 0 bridgehead atoms. The van der Waals surface area contributed by atoms with Gasteiger partial charge in [0.05, 0.1) is 26.6 Å². The second-order valence-electron chi connectivity index (χ2n) is 4.01. The summed E-state index contributed by atoms with van der Waals surface area (Å²) in [7, 11) is 4.78. The van der Waals surface area contributed by atoms with E-state index in [-0.39, 0.29) is 5.69 Å². The molecule has 1 heterocycles. The van der Waals surface area contributed by atoms with Crippen LogP contribution in [0.5, 0.6) is 5.75 Å². The van der Waals surface area contributed by atoms with Gasteiger partial charge in [0.15, 0.2) is 11.5 Å². The molecule has 0 saturated heterocycles. The Morgan fingerprint density at radius 2 is 2.00 bits per heavy atom. The van der Waals surface area contributed by atoms with Gasteiger partial charge in [0.2, 0.25) is 0 Å². The zero-order valence-corrected chi connectivity index (χ0v) is 11.5. The number of nitrogens with zero attached hydrogens (tertiary/aromatic N) is 3. The SMILES string of the molecule is COC(=O)c1cnc(N(C)c2cccc(OC)c2)cn1. The molecule has 20 heavy (non-hydrogen) atoms. The molecule has 0 aliphatic heterocycles. The average molecular weight is 273 g/mol. The number of ether oxygens (including phenoxy) is 2. The summed E-state index contributed by atoms with van der Waals surface area (Å²) < 4.78 is 9.76. The van der Waals surface area contributed by atoms with Crippen LogP contribution in [0, 0.1) is 0 Å². The summed E-state index contributed by atoms with van der Waals surface area (Å²) >= 11 is 0. The first kappa shape index (κ1) is 13.8. The minimum atomic E-state index is -0.506. The van der Waals surface area contributed by atoms with Crippen molar-refractivity contribution in [2.24, 2.45) is 0 Å². The number of aromatic nitrogens is 2. The Morgan fingerprint density at radius 1 is 1.20 bits per heavy atom. The fourth-order valence-electron chi connectivity index (χ4n) is 1.66. The van der Waals surface area contributed by atoms with Gasteiger partial charge in [0.1, 0.15) is 5.75 Å². The number of carbonyl (C=O) groups excluding carboxylic acids is 1. The van der Waals surface area contributed by atoms with E-state index in [0.29, 0.717) is 5.82 Å². The van der Waals surface area contributed by atoms with E-state index in [4.69, 9.17) is 4.74 Å². The molecule has 0 spiro atoms.